The summed E-state index contributed by atoms with van der Waals surface area (Å²) in [6, 6.07) is 11.1. The molecule has 120 valence electrons. The second-order valence-corrected chi connectivity index (χ2v) is 5.42. The standard InChI is InChI=1S/C17H16ClFN2O2/c1-11(22)20-16-10-13(7-8-14(16)18)21-17(23)9-6-12-4-2-3-5-15(12)19/h2-5,7-8,10H,6,9H2,1H3,(H,20,22)(H,21,23). The Hall–Kier alpha value is -2.40. The van der Waals surface area contributed by atoms with Crippen LogP contribution in [0.3, 0.4) is 0 Å². The van der Waals surface area contributed by atoms with Crippen LogP contribution in [-0.2, 0) is 16.0 Å². The summed E-state index contributed by atoms with van der Waals surface area (Å²) in [4.78, 5) is 23.1. The van der Waals surface area contributed by atoms with E-state index in [-0.39, 0.29) is 24.1 Å². The smallest absolute Gasteiger partial charge is 0.224 e. The Morgan fingerprint density at radius 1 is 1.13 bits per heavy atom. The number of hydrogen-bond donors (Lipinski definition) is 2. The first-order chi connectivity index (χ1) is 11.0. The predicted molar refractivity (Wildman–Crippen MR) is 89.1 cm³/mol. The van der Waals surface area contributed by atoms with Crippen LogP contribution in [0.1, 0.15) is 18.9 Å². The van der Waals surface area contributed by atoms with E-state index in [1.54, 1.807) is 36.4 Å². The van der Waals surface area contributed by atoms with E-state index in [2.05, 4.69) is 10.6 Å². The molecule has 23 heavy (non-hydrogen) atoms. The number of aryl methyl sites for hydroxylation is 1. The lowest BCUT2D eigenvalue weighted by atomic mass is 10.1. The first-order valence-electron chi connectivity index (χ1n) is 7.06. The minimum atomic E-state index is -0.320. The fourth-order valence-corrected chi connectivity index (χ4v) is 2.23. The van der Waals surface area contributed by atoms with E-state index in [0.29, 0.717) is 28.4 Å². The van der Waals surface area contributed by atoms with Gasteiger partial charge in [0.05, 0.1) is 10.7 Å². The zero-order valence-electron chi connectivity index (χ0n) is 12.5. The maximum Gasteiger partial charge on any atom is 0.224 e. The average Bonchev–Trinajstić information content (AvgIpc) is 2.49. The SMILES string of the molecule is CC(=O)Nc1cc(NC(=O)CCc2ccccc2F)ccc1Cl. The summed E-state index contributed by atoms with van der Waals surface area (Å²) in [5, 5.41) is 5.66. The van der Waals surface area contributed by atoms with Crippen LogP contribution < -0.4 is 10.6 Å². The first kappa shape index (κ1) is 17.0. The Morgan fingerprint density at radius 2 is 1.87 bits per heavy atom. The van der Waals surface area contributed by atoms with Crippen LogP contribution in [0.25, 0.3) is 0 Å². The molecule has 2 amide bonds. The number of hydrogen-bond acceptors (Lipinski definition) is 2. The summed E-state index contributed by atoms with van der Waals surface area (Å²) < 4.78 is 13.5. The third kappa shape index (κ3) is 5.07. The summed E-state index contributed by atoms with van der Waals surface area (Å²) in [6.45, 7) is 1.37. The molecule has 0 heterocycles. The van der Waals surface area contributed by atoms with Crippen LogP contribution in [0.5, 0.6) is 0 Å². The molecule has 0 saturated carbocycles. The fourth-order valence-electron chi connectivity index (χ4n) is 2.06. The van der Waals surface area contributed by atoms with Gasteiger partial charge in [-0.15, -0.1) is 0 Å². The van der Waals surface area contributed by atoms with Gasteiger partial charge >= 0.3 is 0 Å². The molecule has 0 aliphatic rings. The molecule has 6 heteroatoms. The Bertz CT molecular complexity index is 734. The quantitative estimate of drug-likeness (QED) is 0.868. The Balaban J connectivity index is 1.97. The molecule has 0 saturated heterocycles. The lowest BCUT2D eigenvalue weighted by Crippen LogP contribution is -2.13. The lowest BCUT2D eigenvalue weighted by Gasteiger charge is -2.10. The molecular weight excluding hydrogens is 319 g/mol. The van der Waals surface area contributed by atoms with Crippen molar-refractivity contribution in [1.82, 2.24) is 0 Å². The molecule has 0 aromatic heterocycles. The Kier molecular flexibility index (Phi) is 5.71. The van der Waals surface area contributed by atoms with Gasteiger partial charge in [0, 0.05) is 19.0 Å². The minimum absolute atomic E-state index is 0.152. The van der Waals surface area contributed by atoms with Crippen molar-refractivity contribution in [3.05, 3.63) is 58.9 Å². The van der Waals surface area contributed by atoms with Gasteiger partial charge in [-0.2, -0.15) is 0 Å². The lowest BCUT2D eigenvalue weighted by molar-refractivity contribution is -0.116. The number of benzene rings is 2. The summed E-state index contributed by atoms with van der Waals surface area (Å²) in [6.07, 6.45) is 0.462. The van der Waals surface area contributed by atoms with Gasteiger partial charge in [0.1, 0.15) is 5.82 Å². The van der Waals surface area contributed by atoms with Crippen LogP contribution in [-0.4, -0.2) is 11.8 Å². The molecule has 2 N–H and O–H groups in total. The van der Waals surface area contributed by atoms with E-state index in [1.165, 1.54) is 13.0 Å². The Labute approximate surface area is 138 Å². The van der Waals surface area contributed by atoms with E-state index in [9.17, 15) is 14.0 Å². The maximum atomic E-state index is 13.5. The number of anilines is 2. The van der Waals surface area contributed by atoms with E-state index in [0.717, 1.165) is 0 Å². The van der Waals surface area contributed by atoms with Gasteiger partial charge in [0.25, 0.3) is 0 Å². The number of amides is 2. The number of carbonyl (C=O) groups excluding carboxylic acids is 2. The molecule has 0 unspecified atom stereocenters. The minimum Gasteiger partial charge on any atom is -0.326 e. The van der Waals surface area contributed by atoms with Gasteiger partial charge in [-0.05, 0) is 36.2 Å². The molecule has 0 aliphatic carbocycles. The largest absolute Gasteiger partial charge is 0.326 e. The molecule has 0 atom stereocenters. The Morgan fingerprint density at radius 3 is 2.57 bits per heavy atom. The van der Waals surface area contributed by atoms with Crippen molar-refractivity contribution in [2.24, 2.45) is 0 Å². The zero-order valence-corrected chi connectivity index (χ0v) is 13.3. The van der Waals surface area contributed by atoms with Crippen molar-refractivity contribution < 1.29 is 14.0 Å². The van der Waals surface area contributed by atoms with Crippen LogP contribution in [0.2, 0.25) is 5.02 Å². The van der Waals surface area contributed by atoms with Crippen molar-refractivity contribution in [2.75, 3.05) is 10.6 Å². The third-order valence-electron chi connectivity index (χ3n) is 3.14. The highest BCUT2D eigenvalue weighted by Crippen LogP contribution is 2.25. The maximum absolute atomic E-state index is 13.5. The summed E-state index contributed by atoms with van der Waals surface area (Å²) in [7, 11) is 0. The molecule has 0 spiro atoms. The van der Waals surface area contributed by atoms with E-state index in [4.69, 9.17) is 11.6 Å². The van der Waals surface area contributed by atoms with Gasteiger partial charge in [0.15, 0.2) is 0 Å². The number of nitrogens with one attached hydrogen (secondary N) is 2. The second kappa shape index (κ2) is 7.74. The van der Waals surface area contributed by atoms with Gasteiger partial charge in [0.2, 0.25) is 11.8 Å². The van der Waals surface area contributed by atoms with Crippen molar-refractivity contribution in [1.29, 1.82) is 0 Å². The normalized spacial score (nSPS) is 10.2. The molecule has 4 nitrogen and oxygen atoms in total. The third-order valence-corrected chi connectivity index (χ3v) is 3.47. The second-order valence-electron chi connectivity index (χ2n) is 5.02. The molecule has 0 radical (unpaired) electrons. The van der Waals surface area contributed by atoms with Crippen LogP contribution in [0.4, 0.5) is 15.8 Å². The van der Waals surface area contributed by atoms with Gasteiger partial charge < -0.3 is 10.6 Å². The van der Waals surface area contributed by atoms with Crippen LogP contribution in [0, 0.1) is 5.82 Å². The molecule has 2 aromatic carbocycles. The van der Waals surface area contributed by atoms with Crippen LogP contribution >= 0.6 is 11.6 Å². The molecular formula is C17H16ClFN2O2. The highest BCUT2D eigenvalue weighted by atomic mass is 35.5. The summed E-state index contributed by atoms with van der Waals surface area (Å²) in [5.74, 6) is -0.820. The highest BCUT2D eigenvalue weighted by Gasteiger charge is 2.08. The average molecular weight is 335 g/mol. The molecule has 0 aliphatic heterocycles. The van der Waals surface area contributed by atoms with Gasteiger partial charge in [-0.25, -0.2) is 4.39 Å². The van der Waals surface area contributed by atoms with E-state index >= 15 is 0 Å². The summed E-state index contributed by atoms with van der Waals surface area (Å²) in [5.41, 5.74) is 1.43. The molecule has 2 rings (SSSR count). The first-order valence-corrected chi connectivity index (χ1v) is 7.44. The van der Waals surface area contributed by atoms with E-state index < -0.39 is 0 Å². The molecule has 0 bridgehead atoms. The molecule has 2 aromatic rings. The fraction of sp³-hybridized carbons (Fsp3) is 0.176. The van der Waals surface area contributed by atoms with Crippen LogP contribution in [0.15, 0.2) is 42.5 Å². The van der Waals surface area contributed by atoms with Crippen molar-refractivity contribution in [2.45, 2.75) is 19.8 Å². The van der Waals surface area contributed by atoms with Crippen molar-refractivity contribution >= 4 is 34.8 Å². The predicted octanol–water partition coefficient (Wildman–Crippen LogP) is 4.01. The van der Waals surface area contributed by atoms with Gasteiger partial charge in [-0.3, -0.25) is 9.59 Å². The topological polar surface area (TPSA) is 58.2 Å². The van der Waals surface area contributed by atoms with E-state index in [1.807, 2.05) is 0 Å². The number of halogens is 2. The monoisotopic (exact) mass is 334 g/mol. The molecule has 0 fully saturated rings. The summed E-state index contributed by atoms with van der Waals surface area (Å²) >= 11 is 5.97. The zero-order chi connectivity index (χ0) is 16.8. The van der Waals surface area contributed by atoms with Gasteiger partial charge in [-0.1, -0.05) is 29.8 Å². The number of carbonyl (C=O) groups is 2. The van der Waals surface area contributed by atoms with Crippen molar-refractivity contribution in [3.63, 3.8) is 0 Å². The number of rotatable bonds is 5. The highest BCUT2D eigenvalue weighted by molar-refractivity contribution is 6.33. The van der Waals surface area contributed by atoms with Crippen molar-refractivity contribution in [3.8, 4) is 0 Å².